The van der Waals surface area contributed by atoms with Crippen molar-refractivity contribution in [3.63, 3.8) is 0 Å². The van der Waals surface area contributed by atoms with Gasteiger partial charge in [-0.3, -0.25) is 14.1 Å². The first-order chi connectivity index (χ1) is 17.7. The summed E-state index contributed by atoms with van der Waals surface area (Å²) in [5, 5.41) is -0.344. The van der Waals surface area contributed by atoms with E-state index in [-0.39, 0.29) is 27.5 Å². The average Bonchev–Trinajstić information content (AvgIpc) is 3.02. The number of rotatable bonds is 8. The number of nitrogens with two attached hydrogens (primary N) is 1. The Labute approximate surface area is 245 Å². The largest absolute Gasteiger partial charge is 0.406 e. The van der Waals surface area contributed by atoms with Crippen LogP contribution in [0.4, 0.5) is 5.82 Å². The van der Waals surface area contributed by atoms with Crippen LogP contribution in [0, 0.1) is 6.57 Å². The number of anilines is 1. The number of aromatic nitrogens is 2. The molecule has 1 aliphatic heterocycles. The molecule has 0 unspecified atom stereocenters. The standard InChI is InChI=1S/C28H54N4O5Si3/c1-25(2,3)38(11,12)34-19-28(30-10)22(37-40(15,16)27(7,8)9)21(36-39(13,14)26(4,5)6)23(35-28)32-18-17-20(29)31-24(32)33/h17-18,21-23H,19H2,1-9,11-16H3,(H2,29,31,33)/t21-,22+,23-,28-/m1/s1. The predicted octanol–water partition coefficient (Wildman–Crippen LogP) is 6.77. The van der Waals surface area contributed by atoms with Crippen molar-refractivity contribution in [2.45, 2.75) is 141 Å². The molecule has 9 nitrogen and oxygen atoms in total. The lowest BCUT2D eigenvalue weighted by molar-refractivity contribution is -0.0964. The molecule has 1 saturated heterocycles. The van der Waals surface area contributed by atoms with Crippen LogP contribution in [-0.4, -0.2) is 59.0 Å². The summed E-state index contributed by atoms with van der Waals surface area (Å²) in [7, 11) is -7.17. The first-order valence-electron chi connectivity index (χ1n) is 14.1. The van der Waals surface area contributed by atoms with E-state index in [4.69, 9.17) is 30.3 Å². The van der Waals surface area contributed by atoms with Crippen molar-refractivity contribution in [1.29, 1.82) is 0 Å². The summed E-state index contributed by atoms with van der Waals surface area (Å²) in [4.78, 5) is 21.2. The monoisotopic (exact) mass is 610 g/mol. The van der Waals surface area contributed by atoms with Crippen LogP contribution in [0.1, 0.15) is 68.5 Å². The minimum Gasteiger partial charge on any atom is -0.406 e. The van der Waals surface area contributed by atoms with E-state index in [9.17, 15) is 4.79 Å². The second kappa shape index (κ2) is 11.1. The molecule has 2 heterocycles. The van der Waals surface area contributed by atoms with Crippen LogP contribution < -0.4 is 11.4 Å². The Balaban J connectivity index is 2.81. The lowest BCUT2D eigenvalue weighted by atomic mass is 10.1. The van der Waals surface area contributed by atoms with E-state index >= 15 is 0 Å². The molecule has 1 fully saturated rings. The molecule has 0 aliphatic carbocycles. The van der Waals surface area contributed by atoms with Gasteiger partial charge in [-0.05, 0) is 60.5 Å². The summed E-state index contributed by atoms with van der Waals surface area (Å²) >= 11 is 0. The molecule has 12 heteroatoms. The molecule has 0 aromatic carbocycles. The van der Waals surface area contributed by atoms with Gasteiger partial charge in [0.1, 0.15) is 18.5 Å². The van der Waals surface area contributed by atoms with Crippen molar-refractivity contribution in [3.05, 3.63) is 34.2 Å². The molecule has 1 aliphatic rings. The highest BCUT2D eigenvalue weighted by molar-refractivity contribution is 6.75. The molecule has 2 N–H and O–H groups in total. The molecule has 0 amide bonds. The molecular formula is C28H54N4O5Si3. The van der Waals surface area contributed by atoms with Crippen LogP contribution in [0.5, 0.6) is 0 Å². The van der Waals surface area contributed by atoms with Crippen molar-refractivity contribution in [3.8, 4) is 0 Å². The number of ether oxygens (including phenoxy) is 1. The van der Waals surface area contributed by atoms with Crippen molar-refractivity contribution < 1.29 is 18.0 Å². The van der Waals surface area contributed by atoms with Crippen LogP contribution in [-0.2, 0) is 18.0 Å². The number of nitrogen functional groups attached to an aromatic ring is 1. The fourth-order valence-electron chi connectivity index (χ4n) is 3.61. The molecule has 1 aromatic heterocycles. The molecule has 2 rings (SSSR count). The highest BCUT2D eigenvalue weighted by Gasteiger charge is 2.67. The Kier molecular flexibility index (Phi) is 9.64. The van der Waals surface area contributed by atoms with E-state index < -0.39 is 54.8 Å². The highest BCUT2D eigenvalue weighted by Crippen LogP contribution is 2.50. The van der Waals surface area contributed by atoms with Crippen molar-refractivity contribution >= 4 is 30.8 Å². The summed E-state index contributed by atoms with van der Waals surface area (Å²) in [6.45, 7) is 40.9. The van der Waals surface area contributed by atoms with Crippen molar-refractivity contribution in [1.82, 2.24) is 9.55 Å². The molecular weight excluding hydrogens is 557 g/mol. The Hall–Kier alpha value is -1.34. The molecule has 0 radical (unpaired) electrons. The summed E-state index contributed by atoms with van der Waals surface area (Å²) < 4.78 is 28.8. The van der Waals surface area contributed by atoms with E-state index in [1.165, 1.54) is 4.57 Å². The first-order valence-corrected chi connectivity index (χ1v) is 22.8. The second-order valence-corrected chi connectivity index (χ2v) is 30.0. The van der Waals surface area contributed by atoms with Gasteiger partial charge in [0.25, 0.3) is 0 Å². The van der Waals surface area contributed by atoms with E-state index in [0.717, 1.165) is 0 Å². The summed E-state index contributed by atoms with van der Waals surface area (Å²) in [6.07, 6.45) is -0.911. The third-order valence-electron chi connectivity index (χ3n) is 9.57. The summed E-state index contributed by atoms with van der Waals surface area (Å²) in [5.41, 5.74) is 3.73. The van der Waals surface area contributed by atoms with Crippen LogP contribution in [0.25, 0.3) is 4.85 Å². The highest BCUT2D eigenvalue weighted by atomic mass is 28.4. The van der Waals surface area contributed by atoms with E-state index in [0.29, 0.717) is 0 Å². The minimum absolute atomic E-state index is 0.0112. The van der Waals surface area contributed by atoms with E-state index in [2.05, 4.69) is 111 Å². The van der Waals surface area contributed by atoms with Gasteiger partial charge in [0.15, 0.2) is 37.3 Å². The quantitative estimate of drug-likeness (QED) is 0.256. The Morgan fingerprint density at radius 3 is 1.85 bits per heavy atom. The van der Waals surface area contributed by atoms with E-state index in [1.807, 2.05) is 0 Å². The van der Waals surface area contributed by atoms with Gasteiger partial charge in [0, 0.05) is 6.20 Å². The van der Waals surface area contributed by atoms with Gasteiger partial charge in [-0.15, -0.1) is 0 Å². The van der Waals surface area contributed by atoms with Gasteiger partial charge in [-0.1, -0.05) is 62.3 Å². The van der Waals surface area contributed by atoms with Crippen LogP contribution in [0.3, 0.4) is 0 Å². The third kappa shape index (κ3) is 6.99. The Bertz CT molecular complexity index is 1160. The second-order valence-electron chi connectivity index (χ2n) is 15.7. The fourth-order valence-corrected chi connectivity index (χ4v) is 7.19. The zero-order chi connectivity index (χ0) is 31.3. The molecule has 1 aromatic rings. The molecule has 40 heavy (non-hydrogen) atoms. The maximum absolute atomic E-state index is 13.1. The molecule has 4 atom stereocenters. The Morgan fingerprint density at radius 2 is 1.43 bits per heavy atom. The maximum Gasteiger partial charge on any atom is 0.388 e. The lowest BCUT2D eigenvalue weighted by Crippen LogP contribution is -2.58. The molecule has 0 saturated carbocycles. The zero-order valence-electron chi connectivity index (χ0n) is 27.6. The molecule has 228 valence electrons. The summed E-state index contributed by atoms with van der Waals surface area (Å²) in [6, 6.07) is 1.56. The van der Waals surface area contributed by atoms with Crippen LogP contribution in [0.15, 0.2) is 17.1 Å². The average molecular weight is 611 g/mol. The normalized spacial score (nSPS) is 25.2. The van der Waals surface area contributed by atoms with Crippen molar-refractivity contribution in [2.24, 2.45) is 0 Å². The number of nitrogens with zero attached hydrogens (tertiary/aromatic N) is 3. The molecule has 0 spiro atoms. The smallest absolute Gasteiger partial charge is 0.388 e. The number of hydrogen-bond donors (Lipinski definition) is 1. The number of hydrogen-bond acceptors (Lipinski definition) is 7. The van der Waals surface area contributed by atoms with Gasteiger partial charge in [0.05, 0.1) is 0 Å². The summed E-state index contributed by atoms with van der Waals surface area (Å²) in [5.74, 6) is 0.118. The van der Waals surface area contributed by atoms with E-state index in [1.54, 1.807) is 12.3 Å². The van der Waals surface area contributed by atoms with Gasteiger partial charge in [-0.2, -0.15) is 4.98 Å². The minimum atomic E-state index is -2.46. The maximum atomic E-state index is 13.1. The van der Waals surface area contributed by atoms with Crippen LogP contribution >= 0.6 is 0 Å². The topological polar surface area (TPSA) is 102 Å². The van der Waals surface area contributed by atoms with Crippen LogP contribution in [0.2, 0.25) is 54.4 Å². The first kappa shape index (κ1) is 34.9. The lowest BCUT2D eigenvalue weighted by Gasteiger charge is -2.44. The van der Waals surface area contributed by atoms with Crippen molar-refractivity contribution in [2.75, 3.05) is 12.3 Å². The Morgan fingerprint density at radius 1 is 0.950 bits per heavy atom. The predicted molar refractivity (Wildman–Crippen MR) is 170 cm³/mol. The SMILES string of the molecule is [C-]#[N+][C@]1(CO[Si](C)(C)C(C)(C)C)O[C@@H](n2ccc(N)nc2=O)[C@H](O[Si](C)(C)C(C)(C)C)[C@@H]1O[Si](C)(C)C(C)(C)C. The third-order valence-corrected chi connectivity index (χ3v) is 23.0. The van der Waals surface area contributed by atoms with Gasteiger partial charge in [0.2, 0.25) is 0 Å². The van der Waals surface area contributed by atoms with Gasteiger partial charge < -0.3 is 19.0 Å². The fraction of sp³-hybridized carbons (Fsp3) is 0.821. The molecule has 0 bridgehead atoms. The van der Waals surface area contributed by atoms with Gasteiger partial charge in [-0.25, -0.2) is 11.4 Å². The van der Waals surface area contributed by atoms with Gasteiger partial charge >= 0.3 is 11.4 Å². The zero-order valence-corrected chi connectivity index (χ0v) is 30.6.